The quantitative estimate of drug-likeness (QED) is 0.177. The number of benzene rings is 6. The highest BCUT2D eigenvalue weighted by atomic mass is 16.3. The van der Waals surface area contributed by atoms with Gasteiger partial charge in [0.15, 0.2) is 5.58 Å². The molecule has 0 aliphatic carbocycles. The van der Waals surface area contributed by atoms with Gasteiger partial charge in [-0.3, -0.25) is 4.57 Å². The third-order valence-corrected chi connectivity index (χ3v) is 11.1. The van der Waals surface area contributed by atoms with Crippen molar-refractivity contribution in [3.8, 4) is 28.2 Å². The van der Waals surface area contributed by atoms with Gasteiger partial charge in [-0.15, -0.1) is 0 Å². The van der Waals surface area contributed by atoms with E-state index in [9.17, 15) is 0 Å². The number of aryl methyl sites for hydroxylation is 1. The number of aromatic nitrogens is 3. The molecule has 0 N–H and O–H groups in total. The summed E-state index contributed by atoms with van der Waals surface area (Å²) in [6.07, 6.45) is 0. The molecule has 6 heteroatoms. The van der Waals surface area contributed by atoms with E-state index < -0.39 is 6.85 Å². The normalized spacial score (nSPS) is 13.5. The molecule has 0 aliphatic heterocycles. The van der Waals surface area contributed by atoms with Crippen molar-refractivity contribution in [2.75, 3.05) is 0 Å². The standard InChI is InChI=1S/C49H37N3O3/c1-26(2)36-22-30(29-12-7-6-8-13-29)23-37(27(3)4)44(36)52-45-40(21-20-33-34-19-18-28(5)50-49(34)55-47(33)45)51-48(52)35-16-11-15-32-39-25-42-38(24-43(39)54-46(32)35)31-14-9-10-17-41(31)53-42/h6-27H,1-5H3/i5D3. The Morgan fingerprint density at radius 1 is 0.545 bits per heavy atom. The molecule has 0 saturated carbocycles. The lowest BCUT2D eigenvalue weighted by Crippen LogP contribution is -2.09. The van der Waals surface area contributed by atoms with E-state index in [2.05, 4.69) is 110 Å². The topological polar surface area (TPSA) is 70.1 Å². The minimum absolute atomic E-state index is 0.0124. The molecule has 11 aromatic rings. The Morgan fingerprint density at radius 2 is 1.24 bits per heavy atom. The van der Waals surface area contributed by atoms with Crippen molar-refractivity contribution in [2.24, 2.45) is 0 Å². The first-order valence-electron chi connectivity index (χ1n) is 20.3. The van der Waals surface area contributed by atoms with Gasteiger partial charge in [0.25, 0.3) is 0 Å². The molecule has 0 spiro atoms. The van der Waals surface area contributed by atoms with Gasteiger partial charge in [-0.05, 0) is 102 Å². The van der Waals surface area contributed by atoms with E-state index in [0.29, 0.717) is 17.0 Å². The summed E-state index contributed by atoms with van der Waals surface area (Å²) in [5.41, 5.74) is 11.9. The molecule has 0 unspecified atom stereocenters. The molecule has 5 aromatic heterocycles. The van der Waals surface area contributed by atoms with Crippen LogP contribution in [0, 0.1) is 6.85 Å². The van der Waals surface area contributed by atoms with Gasteiger partial charge < -0.3 is 13.3 Å². The van der Waals surface area contributed by atoms with E-state index in [4.69, 9.17) is 22.3 Å². The van der Waals surface area contributed by atoms with Crippen LogP contribution in [0.1, 0.15) is 60.5 Å². The maximum atomic E-state index is 8.04. The molecule has 55 heavy (non-hydrogen) atoms. The predicted octanol–water partition coefficient (Wildman–Crippen LogP) is 14.0. The Labute approximate surface area is 320 Å². The van der Waals surface area contributed by atoms with Gasteiger partial charge in [0.1, 0.15) is 33.7 Å². The third-order valence-electron chi connectivity index (χ3n) is 11.1. The fourth-order valence-electron chi connectivity index (χ4n) is 8.48. The van der Waals surface area contributed by atoms with Crippen molar-refractivity contribution >= 4 is 77.0 Å². The molecule has 0 amide bonds. The van der Waals surface area contributed by atoms with Crippen LogP contribution in [0.5, 0.6) is 0 Å². The van der Waals surface area contributed by atoms with Crippen LogP contribution in [0.3, 0.4) is 0 Å². The van der Waals surface area contributed by atoms with Crippen LogP contribution in [-0.4, -0.2) is 14.5 Å². The first kappa shape index (κ1) is 28.8. The molecular formula is C49H37N3O3. The van der Waals surface area contributed by atoms with E-state index in [1.807, 2.05) is 36.4 Å². The van der Waals surface area contributed by atoms with Gasteiger partial charge in [-0.25, -0.2) is 9.97 Å². The molecule has 11 rings (SSSR count). The Morgan fingerprint density at radius 3 is 2.02 bits per heavy atom. The molecule has 0 fully saturated rings. The Hall–Kier alpha value is -6.66. The van der Waals surface area contributed by atoms with Gasteiger partial charge in [-0.1, -0.05) is 88.4 Å². The molecule has 0 bridgehead atoms. The monoisotopic (exact) mass is 718 g/mol. The van der Waals surface area contributed by atoms with E-state index in [1.54, 1.807) is 12.1 Å². The average molecular weight is 719 g/mol. The second-order valence-electron chi connectivity index (χ2n) is 15.1. The lowest BCUT2D eigenvalue weighted by Gasteiger charge is -2.24. The second-order valence-corrected chi connectivity index (χ2v) is 15.1. The number of hydrogen-bond acceptors (Lipinski definition) is 5. The molecule has 6 nitrogen and oxygen atoms in total. The maximum absolute atomic E-state index is 8.04. The summed E-state index contributed by atoms with van der Waals surface area (Å²) in [6.45, 7) is 6.54. The average Bonchev–Trinajstić information content (AvgIpc) is 3.98. The van der Waals surface area contributed by atoms with E-state index in [-0.39, 0.29) is 23.2 Å². The molecule has 0 atom stereocenters. The lowest BCUT2D eigenvalue weighted by molar-refractivity contribution is 0.654. The van der Waals surface area contributed by atoms with E-state index in [0.717, 1.165) is 93.6 Å². The molecule has 6 aromatic carbocycles. The van der Waals surface area contributed by atoms with Gasteiger partial charge in [-0.2, -0.15) is 0 Å². The zero-order valence-electron chi connectivity index (χ0n) is 33.8. The summed E-state index contributed by atoms with van der Waals surface area (Å²) >= 11 is 0. The van der Waals surface area contributed by atoms with Gasteiger partial charge in [0.2, 0.25) is 5.71 Å². The molecular weight excluding hydrogens is 679 g/mol. The summed E-state index contributed by atoms with van der Waals surface area (Å²) in [4.78, 5) is 9.95. The van der Waals surface area contributed by atoms with Crippen LogP contribution in [0.15, 0.2) is 135 Å². The predicted molar refractivity (Wildman–Crippen MR) is 224 cm³/mol. The van der Waals surface area contributed by atoms with Crippen molar-refractivity contribution in [1.82, 2.24) is 14.5 Å². The van der Waals surface area contributed by atoms with Crippen molar-refractivity contribution in [3.63, 3.8) is 0 Å². The SMILES string of the molecule is [2H]C([2H])([2H])c1ccc2c(n1)oc1c2ccc2nc(-c3cccc4c3oc3cc5c(cc34)oc3ccccc35)n(-c3c(C(C)C)cc(-c4ccccc4)cc3C(C)C)c21. The number of furan rings is 3. The summed E-state index contributed by atoms with van der Waals surface area (Å²) in [5, 5.41) is 5.52. The highest BCUT2D eigenvalue weighted by Gasteiger charge is 2.28. The Balaban J connectivity index is 1.27. The zero-order chi connectivity index (χ0) is 39.6. The van der Waals surface area contributed by atoms with Crippen molar-refractivity contribution < 1.29 is 17.4 Å². The highest BCUT2D eigenvalue weighted by Crippen LogP contribution is 2.45. The summed E-state index contributed by atoms with van der Waals surface area (Å²) in [7, 11) is 0. The number of para-hydroxylation sites is 2. The van der Waals surface area contributed by atoms with Gasteiger partial charge >= 0.3 is 0 Å². The number of nitrogens with zero attached hydrogens (tertiary/aromatic N) is 3. The van der Waals surface area contributed by atoms with Gasteiger partial charge in [0.05, 0.1) is 16.8 Å². The Kier molecular flexibility index (Phi) is 6.11. The lowest BCUT2D eigenvalue weighted by atomic mass is 9.88. The van der Waals surface area contributed by atoms with Crippen molar-refractivity contribution in [2.45, 2.75) is 46.4 Å². The maximum Gasteiger partial charge on any atom is 0.227 e. The largest absolute Gasteiger partial charge is 0.456 e. The van der Waals surface area contributed by atoms with Crippen LogP contribution in [0.2, 0.25) is 0 Å². The number of hydrogen-bond donors (Lipinski definition) is 0. The van der Waals surface area contributed by atoms with Crippen LogP contribution >= 0.6 is 0 Å². The number of rotatable bonds is 5. The van der Waals surface area contributed by atoms with Crippen LogP contribution < -0.4 is 0 Å². The number of fused-ring (bicyclic) bond motifs is 11. The number of pyridine rings is 1. The number of imidazole rings is 1. The fourth-order valence-corrected chi connectivity index (χ4v) is 8.48. The first-order chi connectivity index (χ1) is 28.0. The third kappa shape index (κ3) is 4.67. The molecule has 0 radical (unpaired) electrons. The van der Waals surface area contributed by atoms with Crippen LogP contribution in [0.4, 0.5) is 0 Å². The van der Waals surface area contributed by atoms with Crippen LogP contribution in [0.25, 0.3) is 105 Å². The fraction of sp³-hybridized carbons (Fsp3) is 0.143. The first-order valence-corrected chi connectivity index (χ1v) is 18.8. The zero-order valence-corrected chi connectivity index (χ0v) is 30.8. The van der Waals surface area contributed by atoms with Crippen molar-refractivity contribution in [3.05, 3.63) is 138 Å². The summed E-state index contributed by atoms with van der Waals surface area (Å²) in [5.74, 6) is 0.966. The summed E-state index contributed by atoms with van der Waals surface area (Å²) < 4.78 is 46.2. The van der Waals surface area contributed by atoms with Crippen LogP contribution in [-0.2, 0) is 0 Å². The second kappa shape index (κ2) is 11.7. The van der Waals surface area contributed by atoms with E-state index >= 15 is 0 Å². The van der Waals surface area contributed by atoms with Gasteiger partial charge in [0, 0.05) is 42.1 Å². The van der Waals surface area contributed by atoms with E-state index in [1.165, 1.54) is 0 Å². The highest BCUT2D eigenvalue weighted by molar-refractivity contribution is 6.17. The molecule has 0 saturated heterocycles. The smallest absolute Gasteiger partial charge is 0.227 e. The van der Waals surface area contributed by atoms with Crippen molar-refractivity contribution in [1.29, 1.82) is 0 Å². The summed E-state index contributed by atoms with van der Waals surface area (Å²) in [6, 6.07) is 40.9. The minimum Gasteiger partial charge on any atom is -0.456 e. The molecule has 0 aliphatic rings. The Bertz CT molecular complexity index is 3430. The molecule has 5 heterocycles. The molecule has 266 valence electrons. The minimum atomic E-state index is -2.38.